The summed E-state index contributed by atoms with van der Waals surface area (Å²) < 4.78 is 12.9. The van der Waals surface area contributed by atoms with Gasteiger partial charge in [-0.3, -0.25) is 9.00 Å². The average molecular weight is 546 g/mol. The van der Waals surface area contributed by atoms with Crippen LogP contribution in [0.1, 0.15) is 33.8 Å². The lowest BCUT2D eigenvalue weighted by Gasteiger charge is -2.35. The van der Waals surface area contributed by atoms with Crippen molar-refractivity contribution in [3.05, 3.63) is 73.9 Å². The fraction of sp³-hybridized carbons (Fsp3) is 0.308. The number of hydrogen-bond acceptors (Lipinski definition) is 6. The van der Waals surface area contributed by atoms with Crippen molar-refractivity contribution in [2.75, 3.05) is 30.5 Å². The average Bonchev–Trinajstić information content (AvgIpc) is 3.25. The molecule has 5 nitrogen and oxygen atoms in total. The van der Waals surface area contributed by atoms with Crippen molar-refractivity contribution in [3.63, 3.8) is 0 Å². The molecule has 2 atom stereocenters. The second-order valence-electron chi connectivity index (χ2n) is 8.38. The van der Waals surface area contributed by atoms with Crippen molar-refractivity contribution in [1.82, 2.24) is 10.3 Å². The lowest BCUT2D eigenvalue weighted by molar-refractivity contribution is 0.0936. The number of thiazole rings is 1. The number of carbonyl (C=O) groups excluding carboxylic acids is 1. The number of halogens is 1. The van der Waals surface area contributed by atoms with E-state index in [1.807, 2.05) is 55.7 Å². The number of aromatic nitrogens is 1. The van der Waals surface area contributed by atoms with Crippen LogP contribution in [0.3, 0.4) is 0 Å². The number of hydrogen-bond donors (Lipinski definition) is 1. The first kappa shape index (κ1) is 25.9. The van der Waals surface area contributed by atoms with Gasteiger partial charge in [-0.05, 0) is 55.9 Å². The number of rotatable bonds is 7. The van der Waals surface area contributed by atoms with Crippen molar-refractivity contribution in [1.29, 1.82) is 0 Å². The number of piperidine rings is 1. The molecule has 0 saturated carbocycles. The molecule has 0 aliphatic carbocycles. The Morgan fingerprint density at radius 3 is 2.71 bits per heavy atom. The predicted molar refractivity (Wildman–Crippen MR) is 152 cm³/mol. The first-order valence-electron chi connectivity index (χ1n) is 11.3. The van der Waals surface area contributed by atoms with Crippen molar-refractivity contribution < 1.29 is 9.00 Å². The van der Waals surface area contributed by atoms with Crippen LogP contribution in [0.25, 0.3) is 16.6 Å². The molecule has 9 heteroatoms. The summed E-state index contributed by atoms with van der Waals surface area (Å²) in [4.78, 5) is 20.8. The maximum absolute atomic E-state index is 13.2. The van der Waals surface area contributed by atoms with Gasteiger partial charge < -0.3 is 10.2 Å². The Morgan fingerprint density at radius 1 is 1.26 bits per heavy atom. The summed E-state index contributed by atoms with van der Waals surface area (Å²) >= 11 is 8.92. The first-order chi connectivity index (χ1) is 16.9. The highest BCUT2D eigenvalue weighted by Crippen LogP contribution is 2.31. The fourth-order valence-electron chi connectivity index (χ4n) is 4.17. The van der Waals surface area contributed by atoms with Gasteiger partial charge in [-0.1, -0.05) is 41.9 Å². The normalized spacial score (nSPS) is 17.3. The van der Waals surface area contributed by atoms with Gasteiger partial charge in [0, 0.05) is 41.7 Å². The van der Waals surface area contributed by atoms with Crippen LogP contribution in [0.2, 0.25) is 5.02 Å². The molecule has 0 spiro atoms. The van der Waals surface area contributed by atoms with E-state index in [0.29, 0.717) is 9.90 Å². The molecule has 1 amide bonds. The molecule has 1 saturated heterocycles. The Balaban J connectivity index is 1.49. The minimum Gasteiger partial charge on any atom is -0.369 e. The highest BCUT2D eigenvalue weighted by molar-refractivity contribution is 8.16. The molecule has 184 valence electrons. The Kier molecular flexibility index (Phi) is 8.70. The Labute approximate surface area is 222 Å². The van der Waals surface area contributed by atoms with Crippen LogP contribution in [0.15, 0.2) is 52.8 Å². The lowest BCUT2D eigenvalue weighted by Crippen LogP contribution is -2.48. The zero-order chi connectivity index (χ0) is 24.9. The number of aryl methyl sites for hydroxylation is 1. The molecule has 4 rings (SSSR count). The predicted octanol–water partition coefficient (Wildman–Crippen LogP) is 6.21. The summed E-state index contributed by atoms with van der Waals surface area (Å²) in [5, 5.41) is 4.73. The van der Waals surface area contributed by atoms with Gasteiger partial charge in [-0.2, -0.15) is 0 Å². The number of benzene rings is 2. The molecule has 1 aliphatic heterocycles. The number of thioether (sulfide) groups is 1. The standard InChI is InChI=1S/C26H28ClN3O2S3/c1-17-24(34-26(28-17)18-10-12-20(27)13-11-18)25(31)29-21-8-6-14-30(16-21)22-9-5-4-7-19(22)15-23(33-2)35(3)32/h4-5,7,9-13,15,21H,6,8,14,16H2,1-3H3,(H,29,31). The number of para-hydroxylation sites is 1. The Bertz CT molecular complexity index is 1260. The van der Waals surface area contributed by atoms with Crippen LogP contribution >= 0.6 is 34.7 Å². The Hall–Kier alpha value is -2.13. The number of carbonyl (C=O) groups is 1. The lowest BCUT2D eigenvalue weighted by atomic mass is 10.0. The van der Waals surface area contributed by atoms with Crippen LogP contribution in [0, 0.1) is 6.92 Å². The van der Waals surface area contributed by atoms with Crippen LogP contribution in [0.4, 0.5) is 5.69 Å². The molecule has 1 fully saturated rings. The number of nitrogens with one attached hydrogen (secondary N) is 1. The van der Waals surface area contributed by atoms with Gasteiger partial charge >= 0.3 is 0 Å². The van der Waals surface area contributed by atoms with Crippen molar-refractivity contribution in [2.45, 2.75) is 25.8 Å². The van der Waals surface area contributed by atoms with E-state index in [0.717, 1.165) is 57.7 Å². The van der Waals surface area contributed by atoms with E-state index in [9.17, 15) is 9.00 Å². The summed E-state index contributed by atoms with van der Waals surface area (Å²) in [6, 6.07) is 15.7. The molecule has 0 bridgehead atoms. The highest BCUT2D eigenvalue weighted by Gasteiger charge is 2.25. The SMILES string of the molecule is CSC(=Cc1ccccc1N1CCCC(NC(=O)c2sc(-c3ccc(Cl)cc3)nc2C)C1)S(C)=O. The van der Waals surface area contributed by atoms with Gasteiger partial charge in [-0.15, -0.1) is 23.1 Å². The molecule has 0 radical (unpaired) electrons. The van der Waals surface area contributed by atoms with E-state index < -0.39 is 10.8 Å². The van der Waals surface area contributed by atoms with Crippen LogP contribution in [0.5, 0.6) is 0 Å². The summed E-state index contributed by atoms with van der Waals surface area (Å²) in [6.07, 6.45) is 7.57. The zero-order valence-electron chi connectivity index (χ0n) is 19.9. The van der Waals surface area contributed by atoms with Crippen molar-refractivity contribution in [2.24, 2.45) is 0 Å². The van der Waals surface area contributed by atoms with Crippen molar-refractivity contribution >= 4 is 63.2 Å². The smallest absolute Gasteiger partial charge is 0.263 e. The summed E-state index contributed by atoms with van der Waals surface area (Å²) in [5.74, 6) is -0.0775. The molecular formula is C26H28ClN3O2S3. The molecule has 2 heterocycles. The van der Waals surface area contributed by atoms with E-state index >= 15 is 0 Å². The molecule has 1 aromatic heterocycles. The minimum atomic E-state index is -1.03. The third-order valence-electron chi connectivity index (χ3n) is 5.89. The van der Waals surface area contributed by atoms with Gasteiger partial charge in [-0.25, -0.2) is 4.98 Å². The molecule has 1 aliphatic rings. The van der Waals surface area contributed by atoms with E-state index in [-0.39, 0.29) is 11.9 Å². The van der Waals surface area contributed by atoms with Gasteiger partial charge in [0.05, 0.1) is 20.7 Å². The third kappa shape index (κ3) is 6.36. The first-order valence-corrected chi connectivity index (χ1v) is 15.3. The monoisotopic (exact) mass is 545 g/mol. The van der Waals surface area contributed by atoms with E-state index in [4.69, 9.17) is 11.6 Å². The Morgan fingerprint density at radius 2 is 2.00 bits per heavy atom. The molecule has 2 unspecified atom stereocenters. The molecule has 35 heavy (non-hydrogen) atoms. The maximum Gasteiger partial charge on any atom is 0.263 e. The minimum absolute atomic E-state index is 0.0362. The van der Waals surface area contributed by atoms with Gasteiger partial charge in [0.2, 0.25) is 0 Å². The summed E-state index contributed by atoms with van der Waals surface area (Å²) in [6.45, 7) is 3.52. The van der Waals surface area contributed by atoms with Crippen molar-refractivity contribution in [3.8, 4) is 10.6 Å². The largest absolute Gasteiger partial charge is 0.369 e. The van der Waals surface area contributed by atoms with E-state index in [2.05, 4.69) is 27.3 Å². The number of nitrogens with zero attached hydrogens (tertiary/aromatic N) is 2. The maximum atomic E-state index is 13.2. The van der Waals surface area contributed by atoms with Gasteiger partial charge in [0.1, 0.15) is 9.88 Å². The highest BCUT2D eigenvalue weighted by atomic mass is 35.5. The van der Waals surface area contributed by atoms with E-state index in [1.165, 1.54) is 23.1 Å². The second kappa shape index (κ2) is 11.7. The molecule has 2 aromatic carbocycles. The topological polar surface area (TPSA) is 62.3 Å². The summed E-state index contributed by atoms with van der Waals surface area (Å²) in [5.41, 5.74) is 3.83. The fourth-order valence-corrected chi connectivity index (χ4v) is 6.75. The molecule has 3 aromatic rings. The molecular weight excluding hydrogens is 518 g/mol. The van der Waals surface area contributed by atoms with Crippen LogP contribution in [-0.4, -0.2) is 46.7 Å². The second-order valence-corrected chi connectivity index (χ2v) is 12.3. The molecule has 1 N–H and O–H groups in total. The zero-order valence-corrected chi connectivity index (χ0v) is 23.1. The third-order valence-corrected chi connectivity index (χ3v) is 9.75. The summed E-state index contributed by atoms with van der Waals surface area (Å²) in [7, 11) is -1.03. The van der Waals surface area contributed by atoms with Crippen LogP contribution in [-0.2, 0) is 10.8 Å². The van der Waals surface area contributed by atoms with Gasteiger partial charge in [0.15, 0.2) is 0 Å². The van der Waals surface area contributed by atoms with Gasteiger partial charge in [0.25, 0.3) is 5.91 Å². The number of anilines is 1. The van der Waals surface area contributed by atoms with Crippen LogP contribution < -0.4 is 10.2 Å². The quantitative estimate of drug-likeness (QED) is 0.382. The van der Waals surface area contributed by atoms with E-state index in [1.54, 1.807) is 6.26 Å². The number of amides is 1.